The maximum atomic E-state index is 4.76. The van der Waals surface area contributed by atoms with E-state index in [4.69, 9.17) is 4.98 Å². The van der Waals surface area contributed by atoms with Crippen LogP contribution in [-0.2, 0) is 0 Å². The van der Waals surface area contributed by atoms with Crippen molar-refractivity contribution in [1.29, 1.82) is 0 Å². The fraction of sp³-hybridized carbons (Fsp3) is 0. The molecule has 0 radical (unpaired) electrons. The normalized spacial score (nSPS) is 11.1. The zero-order valence-electron chi connectivity index (χ0n) is 10.8. The van der Waals surface area contributed by atoms with E-state index in [-0.39, 0.29) is 0 Å². The molecule has 0 spiro atoms. The molecular weight excluding hydrogens is 281 g/mol. The van der Waals surface area contributed by atoms with Crippen LogP contribution >= 0.6 is 21.2 Å². The minimum Gasteiger partial charge on any atom is -0.248 e. The van der Waals surface area contributed by atoms with Crippen molar-refractivity contribution in [2.45, 2.75) is 4.90 Å². The van der Waals surface area contributed by atoms with Gasteiger partial charge in [0.2, 0.25) is 0 Å². The van der Waals surface area contributed by atoms with Crippen LogP contribution < -0.4 is 10.7 Å². The van der Waals surface area contributed by atoms with Gasteiger partial charge in [-0.1, -0.05) is 54.6 Å². The summed E-state index contributed by atoms with van der Waals surface area (Å²) in [5, 5.41) is 1.30. The third kappa shape index (κ3) is 3.09. The molecule has 0 N–H and O–H groups in total. The summed E-state index contributed by atoms with van der Waals surface area (Å²) >= 11 is 4.50. The first-order valence-electron chi connectivity index (χ1n) is 6.40. The molecule has 3 rings (SSSR count). The Hall–Kier alpha value is -1.63. The van der Waals surface area contributed by atoms with Gasteiger partial charge in [-0.2, -0.15) is 0 Å². The highest BCUT2D eigenvalue weighted by Crippen LogP contribution is 2.24. The zero-order chi connectivity index (χ0) is 13.8. The summed E-state index contributed by atoms with van der Waals surface area (Å²) < 4.78 is 0. The van der Waals surface area contributed by atoms with Gasteiger partial charge in [-0.05, 0) is 32.1 Å². The second-order valence-electron chi connectivity index (χ2n) is 4.42. The number of rotatable bonds is 3. The van der Waals surface area contributed by atoms with E-state index in [0.29, 0.717) is 8.58 Å². The van der Waals surface area contributed by atoms with Crippen molar-refractivity contribution in [1.82, 2.24) is 4.98 Å². The molecule has 3 heteroatoms. The predicted octanol–water partition coefficient (Wildman–Crippen LogP) is 3.67. The van der Waals surface area contributed by atoms with Crippen molar-refractivity contribution in [2.75, 3.05) is 0 Å². The zero-order valence-corrected chi connectivity index (χ0v) is 12.7. The largest absolute Gasteiger partial charge is 0.248 e. The molecule has 0 fully saturated rings. The highest BCUT2D eigenvalue weighted by Gasteiger charge is 2.04. The smallest absolute Gasteiger partial charge is 0.0720 e. The first kappa shape index (κ1) is 13.4. The number of nitrogens with zero attached hydrogens (tertiary/aromatic N) is 1. The lowest BCUT2D eigenvalue weighted by Gasteiger charge is -2.07. The molecule has 1 aromatic heterocycles. The number of aromatic nitrogens is 1. The molecule has 1 heterocycles. The first-order valence-corrected chi connectivity index (χ1v) is 7.85. The van der Waals surface area contributed by atoms with Gasteiger partial charge in [-0.3, -0.25) is 0 Å². The summed E-state index contributed by atoms with van der Waals surface area (Å²) in [4.78, 5) is 5.72. The highest BCUT2D eigenvalue weighted by atomic mass is 32.1. The van der Waals surface area contributed by atoms with E-state index >= 15 is 0 Å². The van der Waals surface area contributed by atoms with Gasteiger partial charge in [0.1, 0.15) is 0 Å². The fourth-order valence-electron chi connectivity index (χ4n) is 2.01. The Morgan fingerprint density at radius 3 is 2.30 bits per heavy atom. The minimum atomic E-state index is 0.579. The van der Waals surface area contributed by atoms with Crippen LogP contribution in [0.3, 0.4) is 0 Å². The number of hydrogen-bond donors (Lipinski definition) is 1. The van der Waals surface area contributed by atoms with Gasteiger partial charge < -0.3 is 0 Å². The fourth-order valence-corrected chi connectivity index (χ4v) is 3.30. The maximum absolute atomic E-state index is 4.76. The molecule has 98 valence electrons. The lowest BCUT2D eigenvalue weighted by atomic mass is 10.1. The van der Waals surface area contributed by atoms with Crippen LogP contribution in [0, 0.1) is 0 Å². The van der Waals surface area contributed by atoms with Crippen molar-refractivity contribution in [2.24, 2.45) is 0 Å². The van der Waals surface area contributed by atoms with Gasteiger partial charge in [0.15, 0.2) is 0 Å². The van der Waals surface area contributed by atoms with E-state index in [1.165, 1.54) is 5.30 Å². The Bertz CT molecular complexity index is 713. The standard InChI is InChI=1S/C17H14NPS/c20-16-11-5-4-9-14(16)15-10-6-12-17(18-15)19-13-7-2-1-3-8-13/h1-12,19-20H. The van der Waals surface area contributed by atoms with Crippen molar-refractivity contribution in [3.8, 4) is 11.3 Å². The summed E-state index contributed by atoms with van der Waals surface area (Å²) in [6.45, 7) is 0. The van der Waals surface area contributed by atoms with Crippen LogP contribution in [0.4, 0.5) is 0 Å². The Balaban J connectivity index is 1.92. The van der Waals surface area contributed by atoms with Gasteiger partial charge in [-0.25, -0.2) is 4.98 Å². The maximum Gasteiger partial charge on any atom is 0.0720 e. The summed E-state index contributed by atoms with van der Waals surface area (Å²) in [6.07, 6.45) is 0. The topological polar surface area (TPSA) is 12.9 Å². The highest BCUT2D eigenvalue weighted by molar-refractivity contribution is 7.80. The molecule has 20 heavy (non-hydrogen) atoms. The molecule has 2 aromatic carbocycles. The number of thiol groups is 1. The summed E-state index contributed by atoms with van der Waals surface area (Å²) in [5.74, 6) is 0. The molecule has 0 amide bonds. The molecule has 1 nitrogen and oxygen atoms in total. The average Bonchev–Trinajstić information content (AvgIpc) is 2.49. The molecular formula is C17H14NPS. The van der Waals surface area contributed by atoms with Gasteiger partial charge in [-0.15, -0.1) is 12.6 Å². The molecule has 1 unspecified atom stereocenters. The van der Waals surface area contributed by atoms with Crippen LogP contribution in [-0.4, -0.2) is 4.98 Å². The van der Waals surface area contributed by atoms with Crippen LogP contribution in [0.25, 0.3) is 11.3 Å². The molecule has 1 atom stereocenters. The number of pyridine rings is 1. The molecule has 3 aromatic rings. The average molecular weight is 295 g/mol. The van der Waals surface area contributed by atoms with Crippen molar-refractivity contribution in [3.63, 3.8) is 0 Å². The third-order valence-corrected chi connectivity index (χ3v) is 4.52. The predicted molar refractivity (Wildman–Crippen MR) is 91.0 cm³/mol. The number of hydrogen-bond acceptors (Lipinski definition) is 2. The van der Waals surface area contributed by atoms with Crippen LogP contribution in [0.2, 0.25) is 0 Å². The second kappa shape index (κ2) is 6.21. The van der Waals surface area contributed by atoms with E-state index in [9.17, 15) is 0 Å². The monoisotopic (exact) mass is 295 g/mol. The lowest BCUT2D eigenvalue weighted by Crippen LogP contribution is -2.07. The molecule has 0 aliphatic heterocycles. The Morgan fingerprint density at radius 2 is 1.50 bits per heavy atom. The van der Waals surface area contributed by atoms with Crippen molar-refractivity contribution in [3.05, 3.63) is 72.8 Å². The van der Waals surface area contributed by atoms with E-state index in [0.717, 1.165) is 21.6 Å². The van der Waals surface area contributed by atoms with E-state index in [2.05, 4.69) is 55.1 Å². The Kier molecular flexibility index (Phi) is 4.15. The van der Waals surface area contributed by atoms with Gasteiger partial charge in [0.25, 0.3) is 0 Å². The Morgan fingerprint density at radius 1 is 0.750 bits per heavy atom. The lowest BCUT2D eigenvalue weighted by molar-refractivity contribution is 1.34. The number of benzene rings is 2. The van der Waals surface area contributed by atoms with E-state index < -0.39 is 0 Å². The molecule has 0 bridgehead atoms. The van der Waals surface area contributed by atoms with Gasteiger partial charge >= 0.3 is 0 Å². The van der Waals surface area contributed by atoms with Crippen molar-refractivity contribution >= 4 is 31.9 Å². The Labute approximate surface area is 126 Å². The summed E-state index contributed by atoms with van der Waals surface area (Å²) in [7, 11) is 0.579. The van der Waals surface area contributed by atoms with Crippen molar-refractivity contribution < 1.29 is 0 Å². The van der Waals surface area contributed by atoms with E-state index in [1.54, 1.807) is 0 Å². The van der Waals surface area contributed by atoms with Crippen LogP contribution in [0.5, 0.6) is 0 Å². The minimum absolute atomic E-state index is 0.579. The van der Waals surface area contributed by atoms with Gasteiger partial charge in [0, 0.05) is 10.5 Å². The quantitative estimate of drug-likeness (QED) is 0.574. The molecule has 0 aliphatic rings. The van der Waals surface area contributed by atoms with Gasteiger partial charge in [0.05, 0.1) is 11.1 Å². The molecule has 0 saturated carbocycles. The molecule has 0 saturated heterocycles. The third-order valence-electron chi connectivity index (χ3n) is 2.98. The first-order chi connectivity index (χ1) is 9.83. The van der Waals surface area contributed by atoms with E-state index in [1.807, 2.05) is 30.3 Å². The second-order valence-corrected chi connectivity index (χ2v) is 6.24. The van der Waals surface area contributed by atoms with Crippen LogP contribution in [0.1, 0.15) is 0 Å². The SMILES string of the molecule is Sc1ccccc1-c1cccc(Pc2ccccc2)n1. The van der Waals surface area contributed by atoms with Crippen LogP contribution in [0.15, 0.2) is 77.7 Å². The molecule has 0 aliphatic carbocycles. The summed E-state index contributed by atoms with van der Waals surface area (Å²) in [5.41, 5.74) is 3.16. The summed E-state index contributed by atoms with van der Waals surface area (Å²) in [6, 6.07) is 24.7.